The maximum Gasteiger partial charge on any atom is 0.0503 e. The van der Waals surface area contributed by atoms with E-state index in [1.807, 2.05) is 0 Å². The van der Waals surface area contributed by atoms with E-state index >= 15 is 0 Å². The molecule has 256 valence electrons. The molecule has 0 amide bonds. The molecule has 0 bridgehead atoms. The Morgan fingerprint density at radius 1 is 0.481 bits per heavy atom. The summed E-state index contributed by atoms with van der Waals surface area (Å²) in [5, 5.41) is 0. The molecule has 0 aliphatic carbocycles. The van der Waals surface area contributed by atoms with Gasteiger partial charge in [0.15, 0.2) is 0 Å². The minimum absolute atomic E-state index is 1.08. The average Bonchev–Trinajstić information content (AvgIpc) is 3.18. The number of rotatable bonds is 11. The highest BCUT2D eigenvalue weighted by Crippen LogP contribution is 2.44. The number of para-hydroxylation sites is 4. The van der Waals surface area contributed by atoms with E-state index in [4.69, 9.17) is 0 Å². The molecule has 0 saturated heterocycles. The second-order valence-electron chi connectivity index (χ2n) is 12.6. The molecule has 3 heterocycles. The Morgan fingerprint density at radius 2 is 0.865 bits per heavy atom. The number of allylic oxidation sites excluding steroid dienone is 13. The van der Waals surface area contributed by atoms with Crippen LogP contribution in [0.5, 0.6) is 0 Å². The molecule has 7 rings (SSSR count). The predicted molar refractivity (Wildman–Crippen MR) is 219 cm³/mol. The number of nitrogens with zero attached hydrogens (tertiary/aromatic N) is 4. The van der Waals surface area contributed by atoms with E-state index in [2.05, 4.69) is 242 Å². The Hall–Kier alpha value is -6.52. The molecule has 0 radical (unpaired) electrons. The average molecular weight is 677 g/mol. The molecule has 3 aliphatic rings. The van der Waals surface area contributed by atoms with Crippen LogP contribution in [0.15, 0.2) is 240 Å². The monoisotopic (exact) mass is 676 g/mol. The second-order valence-corrected chi connectivity index (χ2v) is 12.6. The molecular weight excluding hydrogens is 633 g/mol. The number of anilines is 4. The molecule has 0 unspecified atom stereocenters. The molecular formula is C48H44N4. The zero-order chi connectivity index (χ0) is 35.9. The highest BCUT2D eigenvalue weighted by molar-refractivity contribution is 5.75. The Bertz CT molecular complexity index is 2050. The Balaban J connectivity index is 1.48. The van der Waals surface area contributed by atoms with Crippen molar-refractivity contribution < 1.29 is 0 Å². The van der Waals surface area contributed by atoms with Gasteiger partial charge in [-0.1, -0.05) is 97.1 Å². The van der Waals surface area contributed by atoms with Gasteiger partial charge in [0.1, 0.15) is 0 Å². The summed E-state index contributed by atoms with van der Waals surface area (Å²) in [5.74, 6) is 0. The summed E-state index contributed by atoms with van der Waals surface area (Å²) < 4.78 is 0. The van der Waals surface area contributed by atoms with Crippen LogP contribution in [0.25, 0.3) is 0 Å². The van der Waals surface area contributed by atoms with Crippen molar-refractivity contribution in [3.05, 3.63) is 240 Å². The van der Waals surface area contributed by atoms with Crippen molar-refractivity contribution in [2.45, 2.75) is 27.7 Å². The second kappa shape index (κ2) is 15.6. The zero-order valence-electron chi connectivity index (χ0n) is 30.3. The Morgan fingerprint density at radius 3 is 1.23 bits per heavy atom. The van der Waals surface area contributed by atoms with E-state index in [1.54, 1.807) is 0 Å². The molecule has 0 spiro atoms. The minimum Gasteiger partial charge on any atom is -0.315 e. The van der Waals surface area contributed by atoms with E-state index in [-0.39, 0.29) is 0 Å². The smallest absolute Gasteiger partial charge is 0.0503 e. The fourth-order valence-corrected chi connectivity index (χ4v) is 6.92. The van der Waals surface area contributed by atoms with Gasteiger partial charge in [-0.2, -0.15) is 0 Å². The first-order chi connectivity index (χ1) is 25.6. The van der Waals surface area contributed by atoms with Crippen LogP contribution >= 0.6 is 0 Å². The number of hydrogen-bond donors (Lipinski definition) is 0. The lowest BCUT2D eigenvalue weighted by molar-refractivity contribution is 0.512. The van der Waals surface area contributed by atoms with Gasteiger partial charge in [0.2, 0.25) is 0 Å². The van der Waals surface area contributed by atoms with E-state index in [9.17, 15) is 0 Å². The fourth-order valence-electron chi connectivity index (χ4n) is 6.92. The van der Waals surface area contributed by atoms with Crippen LogP contribution in [0.3, 0.4) is 0 Å². The van der Waals surface area contributed by atoms with Crippen molar-refractivity contribution in [2.75, 3.05) is 9.80 Å². The molecule has 0 saturated carbocycles. The highest BCUT2D eigenvalue weighted by atomic mass is 15.2. The van der Waals surface area contributed by atoms with E-state index < -0.39 is 0 Å². The predicted octanol–water partition coefficient (Wildman–Crippen LogP) is 12.6. The van der Waals surface area contributed by atoms with Gasteiger partial charge in [-0.05, 0) is 125 Å². The van der Waals surface area contributed by atoms with Crippen LogP contribution in [0.4, 0.5) is 22.7 Å². The summed E-state index contributed by atoms with van der Waals surface area (Å²) in [6, 6.07) is 42.5. The van der Waals surface area contributed by atoms with Gasteiger partial charge < -0.3 is 19.6 Å². The van der Waals surface area contributed by atoms with Gasteiger partial charge in [0.25, 0.3) is 0 Å². The van der Waals surface area contributed by atoms with Crippen molar-refractivity contribution in [3.63, 3.8) is 0 Å². The molecule has 0 fully saturated rings. The van der Waals surface area contributed by atoms with Gasteiger partial charge in [0, 0.05) is 39.8 Å². The third-order valence-corrected chi connectivity index (χ3v) is 9.16. The van der Waals surface area contributed by atoms with Crippen LogP contribution in [0, 0.1) is 0 Å². The maximum atomic E-state index is 2.37. The van der Waals surface area contributed by atoms with Crippen LogP contribution in [-0.4, -0.2) is 9.80 Å². The van der Waals surface area contributed by atoms with Gasteiger partial charge in [0.05, 0.1) is 28.5 Å². The summed E-state index contributed by atoms with van der Waals surface area (Å²) in [6.45, 7) is 8.39. The van der Waals surface area contributed by atoms with E-state index in [1.165, 1.54) is 0 Å². The van der Waals surface area contributed by atoms with Crippen LogP contribution < -0.4 is 9.80 Å². The molecule has 4 aromatic carbocycles. The molecule has 0 atom stereocenters. The van der Waals surface area contributed by atoms with Crippen molar-refractivity contribution in [2.24, 2.45) is 0 Å². The first-order valence-corrected chi connectivity index (χ1v) is 17.9. The quantitative estimate of drug-likeness (QED) is 0.147. The first-order valence-electron chi connectivity index (χ1n) is 17.9. The Labute approximate surface area is 308 Å². The number of hydrogen-bond acceptors (Lipinski definition) is 4. The third kappa shape index (κ3) is 6.92. The van der Waals surface area contributed by atoms with Crippen LogP contribution in [-0.2, 0) is 0 Å². The standard InChI is InChI=1S/C48H44N4/c1-5-8-22-37(4)49(38(7-3)21-6-2)43-31-46-33-44(50(39-23-13-9-14-24-39)40-25-15-10-16-26-40)35-48-36-45(34-47(32-43)52(46)48)51(41-27-17-11-18-28-41)42-29-19-12-20-30-42/h5-36H,1-4H3. The zero-order valence-corrected chi connectivity index (χ0v) is 30.3. The lowest BCUT2D eigenvalue weighted by Gasteiger charge is -2.42. The van der Waals surface area contributed by atoms with Crippen molar-refractivity contribution >= 4 is 22.7 Å². The molecule has 4 heteroatoms. The fraction of sp³-hybridized carbons (Fsp3) is 0.0833. The molecule has 4 nitrogen and oxygen atoms in total. The molecule has 52 heavy (non-hydrogen) atoms. The largest absolute Gasteiger partial charge is 0.315 e. The maximum absolute atomic E-state index is 2.37. The summed E-state index contributed by atoms with van der Waals surface area (Å²) in [7, 11) is 0. The molecule has 4 aromatic rings. The summed E-state index contributed by atoms with van der Waals surface area (Å²) >= 11 is 0. The van der Waals surface area contributed by atoms with Crippen LogP contribution in [0.1, 0.15) is 27.7 Å². The van der Waals surface area contributed by atoms with Gasteiger partial charge in [-0.15, -0.1) is 0 Å². The SMILES string of the molecule is CC=CC=C(C)N(C(C=CC)=CC)C1=CC2=CC(N(c3ccccc3)c3ccccc3)=CC3=CC(N(c4ccccc4)c4ccccc4)=CC(=C1)N23. The van der Waals surface area contributed by atoms with Crippen molar-refractivity contribution in [3.8, 4) is 0 Å². The minimum atomic E-state index is 1.08. The van der Waals surface area contributed by atoms with E-state index in [0.29, 0.717) is 0 Å². The third-order valence-electron chi connectivity index (χ3n) is 9.16. The van der Waals surface area contributed by atoms with Gasteiger partial charge in [-0.25, -0.2) is 0 Å². The van der Waals surface area contributed by atoms with Gasteiger partial charge in [-0.3, -0.25) is 0 Å². The topological polar surface area (TPSA) is 13.0 Å². The summed E-state index contributed by atoms with van der Waals surface area (Å²) in [4.78, 5) is 9.39. The van der Waals surface area contributed by atoms with Gasteiger partial charge >= 0.3 is 0 Å². The lowest BCUT2D eigenvalue weighted by atomic mass is 9.98. The normalized spacial score (nSPS) is 15.7. The lowest BCUT2D eigenvalue weighted by Crippen LogP contribution is -2.33. The van der Waals surface area contributed by atoms with Crippen molar-refractivity contribution in [1.82, 2.24) is 9.80 Å². The molecule has 3 aliphatic heterocycles. The summed E-state index contributed by atoms with van der Waals surface area (Å²) in [6.07, 6.45) is 26.6. The molecule has 0 aromatic heterocycles. The highest BCUT2D eigenvalue weighted by Gasteiger charge is 2.32. The first kappa shape index (κ1) is 34.0. The summed E-state index contributed by atoms with van der Waals surface area (Å²) in [5.41, 5.74) is 13.1. The molecule has 0 N–H and O–H groups in total. The Kier molecular flexibility index (Phi) is 10.2. The van der Waals surface area contributed by atoms with Crippen LogP contribution in [0.2, 0.25) is 0 Å². The number of benzene rings is 4. The van der Waals surface area contributed by atoms with Crippen molar-refractivity contribution in [1.29, 1.82) is 0 Å². The van der Waals surface area contributed by atoms with E-state index in [0.717, 1.165) is 68.3 Å².